The molecule has 178 valence electrons. The van der Waals surface area contributed by atoms with Gasteiger partial charge < -0.3 is 30.4 Å². The smallest absolute Gasteiger partial charge is 0.353 e. The number of carbonyl (C=O) groups is 3. The summed E-state index contributed by atoms with van der Waals surface area (Å²) in [5, 5.41) is 32.2. The first-order valence-electron chi connectivity index (χ1n) is 11.2. The molecule has 10 nitrogen and oxygen atoms in total. The molecule has 0 saturated carbocycles. The van der Waals surface area contributed by atoms with Crippen molar-refractivity contribution < 1.29 is 29.7 Å². The number of aliphatic hydroxyl groups is 2. The van der Waals surface area contributed by atoms with Gasteiger partial charge in [0, 0.05) is 55.3 Å². The largest absolute Gasteiger partial charge is 0.477 e. The van der Waals surface area contributed by atoms with E-state index in [4.69, 9.17) is 5.11 Å². The number of nitrogens with zero attached hydrogens (tertiary/aromatic N) is 3. The van der Waals surface area contributed by atoms with E-state index in [0.717, 1.165) is 13.1 Å². The number of rotatable bonds is 7. The van der Waals surface area contributed by atoms with Crippen molar-refractivity contribution in [1.82, 2.24) is 20.0 Å². The van der Waals surface area contributed by atoms with Gasteiger partial charge in [-0.25, -0.2) is 4.79 Å². The monoisotopic (exact) mass is 468 g/mol. The molecule has 0 aromatic rings. The molecule has 4 aliphatic heterocycles. The maximum absolute atomic E-state index is 13.0. The molecule has 0 aromatic heterocycles. The Labute approximate surface area is 191 Å². The molecule has 0 aromatic carbocycles. The van der Waals surface area contributed by atoms with Gasteiger partial charge in [0.05, 0.1) is 30.7 Å². The number of carbonyl (C=O) groups excluding carboxylic acids is 2. The Morgan fingerprint density at radius 2 is 1.94 bits per heavy atom. The molecule has 4 rings (SSSR count). The molecule has 11 heteroatoms. The molecule has 32 heavy (non-hydrogen) atoms. The van der Waals surface area contributed by atoms with Crippen LogP contribution in [0, 0.1) is 11.8 Å². The van der Waals surface area contributed by atoms with Crippen LogP contribution in [0.5, 0.6) is 0 Å². The fourth-order valence-corrected chi connectivity index (χ4v) is 6.87. The van der Waals surface area contributed by atoms with Crippen LogP contribution >= 0.6 is 11.8 Å². The highest BCUT2D eigenvalue weighted by Crippen LogP contribution is 2.51. The van der Waals surface area contributed by atoms with E-state index in [2.05, 4.69) is 10.2 Å². The molecule has 3 fully saturated rings. The number of hydrogen-bond acceptors (Lipinski definition) is 8. The summed E-state index contributed by atoms with van der Waals surface area (Å²) in [4.78, 5) is 43.4. The van der Waals surface area contributed by atoms with E-state index in [1.807, 2.05) is 11.8 Å². The Bertz CT molecular complexity index is 812. The molecule has 0 bridgehead atoms. The van der Waals surface area contributed by atoms with E-state index in [-0.39, 0.29) is 47.4 Å². The second-order valence-corrected chi connectivity index (χ2v) is 10.4. The van der Waals surface area contributed by atoms with Crippen molar-refractivity contribution in [2.75, 3.05) is 45.9 Å². The predicted molar refractivity (Wildman–Crippen MR) is 118 cm³/mol. The number of carboxylic acids is 1. The first kappa shape index (κ1) is 23.5. The molecule has 2 amide bonds. The lowest BCUT2D eigenvalue weighted by Crippen LogP contribution is -2.63. The number of amides is 2. The highest BCUT2D eigenvalue weighted by molar-refractivity contribution is 8.03. The average molecular weight is 469 g/mol. The zero-order valence-corrected chi connectivity index (χ0v) is 19.3. The van der Waals surface area contributed by atoms with Crippen molar-refractivity contribution in [2.45, 2.75) is 43.7 Å². The average Bonchev–Trinajstić information content (AvgIpc) is 3.30. The Morgan fingerprint density at radius 3 is 2.53 bits per heavy atom. The van der Waals surface area contributed by atoms with Gasteiger partial charge in [0.25, 0.3) is 0 Å². The highest BCUT2D eigenvalue weighted by Gasteiger charge is 2.60. The van der Waals surface area contributed by atoms with E-state index < -0.39 is 18.0 Å². The molecule has 4 aliphatic rings. The second-order valence-electron chi connectivity index (χ2n) is 9.10. The quantitative estimate of drug-likeness (QED) is 0.338. The number of aliphatic hydroxyl groups excluding tert-OH is 2. The van der Waals surface area contributed by atoms with Gasteiger partial charge in [-0.05, 0) is 13.3 Å². The summed E-state index contributed by atoms with van der Waals surface area (Å²) >= 11 is 1.45. The van der Waals surface area contributed by atoms with Crippen molar-refractivity contribution >= 4 is 29.5 Å². The third-order valence-corrected chi connectivity index (χ3v) is 8.61. The minimum Gasteiger partial charge on any atom is -0.477 e. The number of fused-ring (bicyclic) bond motifs is 1. The van der Waals surface area contributed by atoms with Crippen LogP contribution in [-0.2, 0) is 14.4 Å². The molecule has 4 N–H and O–H groups in total. The topological polar surface area (TPSA) is 134 Å². The molecule has 4 heterocycles. The highest BCUT2D eigenvalue weighted by atomic mass is 32.2. The minimum absolute atomic E-state index is 0.0316. The molecular weight excluding hydrogens is 436 g/mol. The number of β-amino-alcohol motifs (C(OH)–C–C–N with tert-alkyl or cyclic N) is 1. The SMILES string of the molecule is CC(O)C1C(=O)N2C(C(=O)O)=C(SC3CNC(C(=O)N4CCN(CCO)CC4)C3)C(C)[C@@H]12. The van der Waals surface area contributed by atoms with E-state index in [1.165, 1.54) is 16.7 Å². The van der Waals surface area contributed by atoms with Gasteiger partial charge in [-0.1, -0.05) is 6.92 Å². The van der Waals surface area contributed by atoms with Gasteiger partial charge in [-0.2, -0.15) is 0 Å². The number of nitrogens with one attached hydrogen (secondary N) is 1. The molecule has 6 atom stereocenters. The summed E-state index contributed by atoms with van der Waals surface area (Å²) in [6.07, 6.45) is -0.222. The van der Waals surface area contributed by atoms with Crippen molar-refractivity contribution in [1.29, 1.82) is 0 Å². The number of carboxylic acid groups (broad SMARTS) is 1. The van der Waals surface area contributed by atoms with Crippen LogP contribution in [0.4, 0.5) is 0 Å². The minimum atomic E-state index is -1.13. The first-order valence-corrected chi connectivity index (χ1v) is 12.1. The van der Waals surface area contributed by atoms with Crippen LogP contribution < -0.4 is 5.32 Å². The van der Waals surface area contributed by atoms with E-state index in [9.17, 15) is 24.6 Å². The zero-order valence-electron chi connectivity index (χ0n) is 18.4. The Hall–Kier alpha value is -1.66. The number of hydrogen-bond donors (Lipinski definition) is 4. The van der Waals surface area contributed by atoms with Crippen LogP contribution in [0.3, 0.4) is 0 Å². The summed E-state index contributed by atoms with van der Waals surface area (Å²) < 4.78 is 0. The van der Waals surface area contributed by atoms with Crippen LogP contribution in [0.2, 0.25) is 0 Å². The van der Waals surface area contributed by atoms with Crippen LogP contribution in [-0.4, -0.2) is 117 Å². The van der Waals surface area contributed by atoms with Crippen LogP contribution in [0.25, 0.3) is 0 Å². The maximum atomic E-state index is 13.0. The summed E-state index contributed by atoms with van der Waals surface area (Å²) in [5.41, 5.74) is 0.0316. The van der Waals surface area contributed by atoms with E-state index in [1.54, 1.807) is 6.92 Å². The predicted octanol–water partition coefficient (Wildman–Crippen LogP) is -1.26. The molecule has 5 unspecified atom stereocenters. The third-order valence-electron chi connectivity index (χ3n) is 7.09. The van der Waals surface area contributed by atoms with Gasteiger partial charge in [0.1, 0.15) is 5.70 Å². The third kappa shape index (κ3) is 4.05. The van der Waals surface area contributed by atoms with Crippen LogP contribution in [0.15, 0.2) is 10.6 Å². The fraction of sp³-hybridized carbons (Fsp3) is 0.762. The Kier molecular flexibility index (Phi) is 6.83. The van der Waals surface area contributed by atoms with Crippen molar-refractivity contribution in [3.05, 3.63) is 10.6 Å². The zero-order chi connectivity index (χ0) is 23.2. The van der Waals surface area contributed by atoms with E-state index >= 15 is 0 Å². The Balaban J connectivity index is 1.38. The molecular formula is C21H32N4O6S. The van der Waals surface area contributed by atoms with E-state index in [0.29, 0.717) is 37.5 Å². The number of β-lactam (4-membered cyclic amide) rings is 1. The van der Waals surface area contributed by atoms with Crippen molar-refractivity contribution in [3.63, 3.8) is 0 Å². The van der Waals surface area contributed by atoms with Crippen molar-refractivity contribution in [3.8, 4) is 0 Å². The van der Waals surface area contributed by atoms with Crippen molar-refractivity contribution in [2.24, 2.45) is 11.8 Å². The van der Waals surface area contributed by atoms with Gasteiger partial charge >= 0.3 is 5.97 Å². The Morgan fingerprint density at radius 1 is 1.25 bits per heavy atom. The maximum Gasteiger partial charge on any atom is 0.353 e. The number of piperazine rings is 1. The normalized spacial score (nSPS) is 34.0. The van der Waals surface area contributed by atoms with Gasteiger partial charge in [0.2, 0.25) is 11.8 Å². The molecule has 0 aliphatic carbocycles. The summed E-state index contributed by atoms with van der Waals surface area (Å²) in [6, 6.07) is -0.621. The second kappa shape index (κ2) is 9.30. The van der Waals surface area contributed by atoms with Gasteiger partial charge in [0.15, 0.2) is 0 Å². The molecule has 0 spiro atoms. The lowest BCUT2D eigenvalue weighted by molar-refractivity contribution is -0.163. The van der Waals surface area contributed by atoms with Crippen LogP contribution in [0.1, 0.15) is 20.3 Å². The first-order chi connectivity index (χ1) is 15.2. The number of aliphatic carboxylic acids is 1. The van der Waals surface area contributed by atoms with Gasteiger partial charge in [-0.15, -0.1) is 11.8 Å². The lowest BCUT2D eigenvalue weighted by atomic mass is 9.79. The summed E-state index contributed by atoms with van der Waals surface area (Å²) in [6.45, 7) is 7.59. The molecule has 3 saturated heterocycles. The summed E-state index contributed by atoms with van der Waals surface area (Å²) in [7, 11) is 0. The standard InChI is InChI=1S/C21H32N4O6S/c1-11-16-15(12(2)27)20(29)25(16)17(21(30)31)18(11)32-13-9-14(22-10-13)19(28)24-5-3-23(4-6-24)7-8-26/h11-16,22,26-27H,3-10H2,1-2H3,(H,30,31)/t11?,12?,13?,14?,15?,16-/m0/s1. The summed E-state index contributed by atoms with van der Waals surface area (Å²) in [5.74, 6) is -2.13. The molecule has 0 radical (unpaired) electrons. The lowest BCUT2D eigenvalue weighted by Gasteiger charge is -2.46. The van der Waals surface area contributed by atoms with Gasteiger partial charge in [-0.3, -0.25) is 14.5 Å². The fourth-order valence-electron chi connectivity index (χ4n) is 5.39. The number of thioether (sulfide) groups is 1.